The number of aliphatic hydroxyl groups is 1. The first-order valence-electron chi connectivity index (χ1n) is 37.6. The lowest BCUT2D eigenvalue weighted by Gasteiger charge is -2.09. The van der Waals surface area contributed by atoms with Crippen molar-refractivity contribution in [3.63, 3.8) is 0 Å². The summed E-state index contributed by atoms with van der Waals surface area (Å²) in [5, 5.41) is 7.76. The quantitative estimate of drug-likeness (QED) is 0.0389. The van der Waals surface area contributed by atoms with E-state index in [1.807, 2.05) is 104 Å². The Morgan fingerprint density at radius 1 is 0.364 bits per heavy atom. The van der Waals surface area contributed by atoms with Crippen LogP contribution in [0.15, 0.2) is 263 Å². The van der Waals surface area contributed by atoms with Gasteiger partial charge in [0.15, 0.2) is 61.9 Å². The molecule has 0 aliphatic carbocycles. The first-order chi connectivity index (χ1) is 56.5. The normalized spacial score (nSPS) is 11.9. The molecule has 8 aromatic heterocycles. The highest BCUT2D eigenvalue weighted by Crippen LogP contribution is 2.38. The zero-order valence-corrected chi connectivity index (χ0v) is 69.3. The molecule has 0 saturated carbocycles. The number of para-hydroxylation sites is 1. The predicted molar refractivity (Wildman–Crippen MR) is 475 cm³/mol. The smallest absolute Gasteiger partial charge is 0.249 e. The summed E-state index contributed by atoms with van der Waals surface area (Å²) >= 11 is 0. The van der Waals surface area contributed by atoms with E-state index < -0.39 is 66.3 Å². The third kappa shape index (κ3) is 17.2. The highest BCUT2D eigenvalue weighted by molar-refractivity contribution is 7.92. The number of aromatic amines is 4. The average Bonchev–Trinajstić information content (AvgIpc) is 1.66. The fourth-order valence-electron chi connectivity index (χ4n) is 13.1. The Balaban J connectivity index is 0.000000253. The summed E-state index contributed by atoms with van der Waals surface area (Å²) < 4.78 is 110. The van der Waals surface area contributed by atoms with Gasteiger partial charge in [0.25, 0.3) is 0 Å². The highest BCUT2D eigenvalue weighted by atomic mass is 32.2. The van der Waals surface area contributed by atoms with E-state index in [-0.39, 0.29) is 21.5 Å². The molecule has 8 heterocycles. The summed E-state index contributed by atoms with van der Waals surface area (Å²) in [5.41, 5.74) is 25.8. The van der Waals surface area contributed by atoms with Crippen molar-refractivity contribution in [2.24, 2.45) is 5.73 Å². The van der Waals surface area contributed by atoms with Gasteiger partial charge >= 0.3 is 0 Å². The Morgan fingerprint density at radius 3 is 0.941 bits per heavy atom. The van der Waals surface area contributed by atoms with Crippen LogP contribution < -0.4 is 10.5 Å². The molecule has 0 saturated heterocycles. The molecule has 0 fully saturated rings. The minimum Gasteiger partial charge on any atom is -0.496 e. The van der Waals surface area contributed by atoms with Crippen LogP contribution in [-0.4, -0.2) is 140 Å². The summed E-state index contributed by atoms with van der Waals surface area (Å²) in [6.45, 7) is 13.8. The van der Waals surface area contributed by atoms with Crippen molar-refractivity contribution >= 4 is 89.9 Å². The van der Waals surface area contributed by atoms with Crippen molar-refractivity contribution in [3.05, 3.63) is 260 Å². The number of aromatic nitrogens is 12. The van der Waals surface area contributed by atoms with E-state index in [4.69, 9.17) is 35.1 Å². The van der Waals surface area contributed by atoms with E-state index >= 15 is 0 Å². The van der Waals surface area contributed by atoms with Crippen LogP contribution in [0.2, 0.25) is 0 Å². The van der Waals surface area contributed by atoms with Crippen LogP contribution in [0.5, 0.6) is 5.75 Å². The first kappa shape index (κ1) is 83.2. The van der Waals surface area contributed by atoms with Gasteiger partial charge in [-0.2, -0.15) is 0 Å². The number of carbonyl (C=O) groups excluding carboxylic acids is 1. The van der Waals surface area contributed by atoms with Gasteiger partial charge in [-0.1, -0.05) is 133 Å². The SMILES string of the molecule is CC(C)S(=O)(=O)c1ccc(-c2cnc3[nH]cc(-c4ccccc4C(N)=O)c3n2)cc1.CC(C)S(=O)(=O)c1ccc(-c2cnc3[nH]cc(-c4ccccc4CO)c3n2)cc1.COCc1ccccc1-c1c[nH]c2ncc(-c3ccc(S(=O)(=O)C(C)C)cc3)nc12.COc1ccccc1-c1c[nH]c2ncc(-c3ccc(S(=O)(=O)C(C)C)cc3)nc12.[HH].[HH].[HH].[HH].[HH].[HH].[HH]. The second kappa shape index (κ2) is 35.0. The molecule has 0 spiro atoms. The molecule has 0 aliphatic rings. The van der Waals surface area contributed by atoms with Crippen molar-refractivity contribution < 1.29 is 63.0 Å². The summed E-state index contributed by atoms with van der Waals surface area (Å²) in [6.07, 6.45) is 14.0. The molecule has 616 valence electrons. The number of hydrogen-bond acceptors (Lipinski definition) is 20. The predicted octanol–water partition coefficient (Wildman–Crippen LogP) is 18.4. The standard InChI is InChI=1S/C23H23N3O3S.C22H20N4O3S.2C22H21N3O3S.7H2/c1-15(2)30(27,28)18-10-8-16(9-11-18)21-13-25-23-22(26-21)20(12-24-23)19-7-5-4-6-17(19)14-29-3;1-13(2)30(28,29)15-9-7-14(8-10-15)19-12-25-22-20(26-19)18(11-24-22)16-5-3-4-6-17(16)21(23)27;1-14(2)29(26,27)16-10-8-15(9-11-16)19-13-24-22-21(25-19)18(12-23-22)17-6-4-5-7-20(17)28-3;1-14(2)29(27,28)17-9-7-15(8-10-17)20-12-24-22-21(25-20)19(11-23-22)18-6-4-3-5-16(18)13-26;;;;;;;/h4-13,15H,14H2,1-3H3,(H,24,25);3-13H,1-2H3,(H2,23,27)(H,24,25);4-14H,1-3H3,(H,23,24);3-12,14,26H,13H2,1-2H3,(H,23,24);7*1H. The fourth-order valence-corrected chi connectivity index (χ4v) is 17.3. The molecular weight excluding hydrogens is 1570 g/mol. The number of rotatable bonds is 21. The van der Waals surface area contributed by atoms with E-state index in [1.54, 1.807) is 210 Å². The van der Waals surface area contributed by atoms with E-state index in [9.17, 15) is 43.6 Å². The van der Waals surface area contributed by atoms with Gasteiger partial charge in [-0.3, -0.25) is 4.79 Å². The maximum Gasteiger partial charge on any atom is 0.249 e. The molecule has 0 unspecified atom stereocenters. The minimum atomic E-state index is -3.34. The number of aliphatic hydroxyl groups excluding tert-OH is 1. The Bertz CT molecular complexity index is 6690. The van der Waals surface area contributed by atoms with Gasteiger partial charge in [-0.25, -0.2) is 73.5 Å². The van der Waals surface area contributed by atoms with E-state index in [0.29, 0.717) is 94.4 Å². The maximum atomic E-state index is 12.4. The zero-order chi connectivity index (χ0) is 84.0. The number of H-pyrrole nitrogens is 4. The lowest BCUT2D eigenvalue weighted by atomic mass is 10.0. The van der Waals surface area contributed by atoms with Gasteiger partial charge in [-0.15, -0.1) is 0 Å². The lowest BCUT2D eigenvalue weighted by Crippen LogP contribution is -2.13. The number of methoxy groups -OCH3 is 2. The van der Waals surface area contributed by atoms with Gasteiger partial charge in [0.2, 0.25) is 5.91 Å². The number of nitrogens with zero attached hydrogens (tertiary/aromatic N) is 8. The lowest BCUT2D eigenvalue weighted by molar-refractivity contribution is 0.100. The molecule has 29 heteroatoms. The monoisotopic (exact) mass is 1670 g/mol. The fraction of sp³-hybridized carbons (Fsp3) is 0.180. The average molecular weight is 1670 g/mol. The van der Waals surface area contributed by atoms with Crippen LogP contribution >= 0.6 is 0 Å². The van der Waals surface area contributed by atoms with Gasteiger partial charge < -0.3 is 40.2 Å². The Hall–Kier alpha value is -12.8. The second-order valence-electron chi connectivity index (χ2n) is 28.6. The molecule has 16 aromatic rings. The number of nitrogens with one attached hydrogen (secondary N) is 4. The molecule has 16 rings (SSSR count). The summed E-state index contributed by atoms with van der Waals surface area (Å²) in [7, 11) is -9.96. The number of ether oxygens (including phenoxy) is 2. The molecular formula is C89H99N13O12S4. The van der Waals surface area contributed by atoms with Crippen molar-refractivity contribution in [1.29, 1.82) is 0 Å². The van der Waals surface area contributed by atoms with E-state index in [1.165, 1.54) is 0 Å². The molecule has 0 atom stereocenters. The number of fused-ring (bicyclic) bond motifs is 4. The largest absolute Gasteiger partial charge is 0.496 e. The molecule has 0 radical (unpaired) electrons. The molecule has 1 amide bonds. The summed E-state index contributed by atoms with van der Waals surface area (Å²) in [4.78, 5) is 62.5. The summed E-state index contributed by atoms with van der Waals surface area (Å²) in [6, 6.07) is 57.3. The van der Waals surface area contributed by atoms with Crippen LogP contribution in [0.25, 0.3) is 134 Å². The van der Waals surface area contributed by atoms with Gasteiger partial charge in [-0.05, 0) is 144 Å². The van der Waals surface area contributed by atoms with Crippen LogP contribution in [0.3, 0.4) is 0 Å². The second-order valence-corrected chi connectivity index (χ2v) is 38.6. The molecule has 25 nitrogen and oxygen atoms in total. The van der Waals surface area contributed by atoms with Gasteiger partial charge in [0.05, 0.1) is 108 Å². The molecule has 0 bridgehead atoms. The van der Waals surface area contributed by atoms with Crippen molar-refractivity contribution in [1.82, 2.24) is 59.8 Å². The van der Waals surface area contributed by atoms with E-state index in [0.717, 1.165) is 83.5 Å². The molecule has 118 heavy (non-hydrogen) atoms. The number of benzene rings is 8. The molecule has 0 aliphatic heterocycles. The Morgan fingerprint density at radius 2 is 0.636 bits per heavy atom. The van der Waals surface area contributed by atoms with Crippen molar-refractivity contribution in [2.45, 2.75) is 109 Å². The van der Waals surface area contributed by atoms with Crippen LogP contribution in [0.1, 0.15) is 86.9 Å². The Labute approximate surface area is 693 Å². The number of nitrogens with two attached hydrogens (primary N) is 1. The van der Waals surface area contributed by atoms with Crippen LogP contribution in [0.4, 0.5) is 0 Å². The van der Waals surface area contributed by atoms with Gasteiger partial charge in [0, 0.05) is 97.5 Å². The summed E-state index contributed by atoms with van der Waals surface area (Å²) in [5.74, 6) is 0.231. The molecule has 7 N–H and O–H groups in total. The van der Waals surface area contributed by atoms with E-state index in [2.05, 4.69) is 39.9 Å². The third-order valence-corrected chi connectivity index (χ3v) is 28.6. The number of carbonyl (C=O) groups is 1. The Kier molecular flexibility index (Phi) is 24.6. The topological polar surface area (TPSA) is 385 Å². The minimum absolute atomic E-state index is 0. The number of amides is 1. The van der Waals surface area contributed by atoms with Crippen molar-refractivity contribution in [3.8, 4) is 95.3 Å². The maximum absolute atomic E-state index is 12.4. The van der Waals surface area contributed by atoms with Crippen molar-refractivity contribution in [2.75, 3.05) is 14.2 Å². The third-order valence-electron chi connectivity index (χ3n) is 19.9. The molecule has 8 aromatic carbocycles. The number of primary amides is 1. The highest BCUT2D eigenvalue weighted by Gasteiger charge is 2.26. The number of sulfone groups is 4. The zero-order valence-electron chi connectivity index (χ0n) is 66.0. The van der Waals surface area contributed by atoms with Crippen LogP contribution in [-0.2, 0) is 57.3 Å². The van der Waals surface area contributed by atoms with Crippen LogP contribution in [0, 0.1) is 0 Å². The number of hydrogen-bond donors (Lipinski definition) is 6. The van der Waals surface area contributed by atoms with Gasteiger partial charge in [0.1, 0.15) is 27.8 Å². The first-order valence-corrected chi connectivity index (χ1v) is 43.7.